The van der Waals surface area contributed by atoms with Gasteiger partial charge in [0.25, 0.3) is 0 Å². The fourth-order valence-corrected chi connectivity index (χ4v) is 6.11. The summed E-state index contributed by atoms with van der Waals surface area (Å²) in [5, 5.41) is 4.44. The fourth-order valence-electron chi connectivity index (χ4n) is 6.11. The lowest BCUT2D eigenvalue weighted by Crippen LogP contribution is -2.00. The Morgan fingerprint density at radius 1 is 0.340 bits per heavy atom. The molecule has 0 bridgehead atoms. The van der Waals surface area contributed by atoms with Crippen LogP contribution >= 0.6 is 0 Å². The number of hydrogen-bond acceptors (Lipinski definition) is 5. The van der Waals surface area contributed by atoms with Gasteiger partial charge in [0.05, 0.1) is 0 Å². The summed E-state index contributed by atoms with van der Waals surface area (Å²) < 4.78 is 6.28. The van der Waals surface area contributed by atoms with Crippen LogP contribution in [0.4, 0.5) is 0 Å². The molecule has 0 saturated carbocycles. The quantitative estimate of drug-likeness (QED) is 0.196. The predicted molar refractivity (Wildman–Crippen MR) is 190 cm³/mol. The third-order valence-electron chi connectivity index (χ3n) is 8.52. The molecule has 0 amide bonds. The van der Waals surface area contributed by atoms with Crippen LogP contribution in [0.1, 0.15) is 0 Å². The molecule has 0 fully saturated rings. The van der Waals surface area contributed by atoms with Crippen LogP contribution in [-0.2, 0) is 0 Å². The van der Waals surface area contributed by atoms with Gasteiger partial charge in [-0.15, -0.1) is 0 Å². The second-order valence-electron chi connectivity index (χ2n) is 11.5. The maximum atomic E-state index is 6.28. The highest BCUT2D eigenvalue weighted by Gasteiger charge is 2.15. The van der Waals surface area contributed by atoms with Gasteiger partial charge in [-0.3, -0.25) is 0 Å². The zero-order valence-corrected chi connectivity index (χ0v) is 25.2. The molecule has 7 aromatic carbocycles. The maximum Gasteiger partial charge on any atom is 0.227 e. The van der Waals surface area contributed by atoms with Crippen LogP contribution in [0, 0.1) is 0 Å². The average Bonchev–Trinajstić information content (AvgIpc) is 3.60. The highest BCUT2D eigenvalue weighted by molar-refractivity contribution is 6.05. The van der Waals surface area contributed by atoms with Crippen molar-refractivity contribution in [2.45, 2.75) is 0 Å². The molecule has 9 rings (SSSR count). The van der Waals surface area contributed by atoms with E-state index in [2.05, 4.69) is 91.0 Å². The van der Waals surface area contributed by atoms with E-state index in [4.69, 9.17) is 24.4 Å². The molecule has 0 spiro atoms. The van der Waals surface area contributed by atoms with Gasteiger partial charge >= 0.3 is 0 Å². The van der Waals surface area contributed by atoms with E-state index in [0.29, 0.717) is 23.4 Å². The highest BCUT2D eigenvalue weighted by atomic mass is 16.3. The molecule has 2 heterocycles. The van der Waals surface area contributed by atoms with Crippen molar-refractivity contribution in [1.82, 2.24) is 19.9 Å². The highest BCUT2D eigenvalue weighted by Crippen LogP contribution is 2.34. The van der Waals surface area contributed by atoms with Crippen LogP contribution in [0.3, 0.4) is 0 Å². The van der Waals surface area contributed by atoms with Crippen LogP contribution in [0.25, 0.3) is 89.4 Å². The number of fused-ring (bicyclic) bond motifs is 4. The summed E-state index contributed by atoms with van der Waals surface area (Å²) in [4.78, 5) is 19.7. The molecule has 220 valence electrons. The van der Waals surface area contributed by atoms with Crippen molar-refractivity contribution >= 4 is 32.6 Å². The topological polar surface area (TPSA) is 64.7 Å². The molecule has 2 aromatic heterocycles. The summed E-state index contributed by atoms with van der Waals surface area (Å²) in [5.41, 5.74) is 7.57. The average molecular weight is 603 g/mol. The number of aromatic nitrogens is 4. The predicted octanol–water partition coefficient (Wildman–Crippen LogP) is 10.7. The van der Waals surface area contributed by atoms with E-state index in [1.165, 1.54) is 5.39 Å². The molecule has 5 heteroatoms. The zero-order chi connectivity index (χ0) is 31.2. The number of hydrogen-bond donors (Lipinski definition) is 0. The number of nitrogens with zero attached hydrogens (tertiary/aromatic N) is 4. The van der Waals surface area contributed by atoms with Gasteiger partial charge in [0.1, 0.15) is 5.52 Å². The minimum absolute atomic E-state index is 0.625. The summed E-state index contributed by atoms with van der Waals surface area (Å²) in [6.45, 7) is 0. The van der Waals surface area contributed by atoms with E-state index in [1.54, 1.807) is 0 Å². The van der Waals surface area contributed by atoms with Gasteiger partial charge in [0.2, 0.25) is 5.89 Å². The number of rotatable bonds is 5. The van der Waals surface area contributed by atoms with Crippen LogP contribution in [-0.4, -0.2) is 19.9 Å². The lowest BCUT2D eigenvalue weighted by Gasteiger charge is -2.10. The van der Waals surface area contributed by atoms with Gasteiger partial charge in [-0.25, -0.2) is 19.9 Å². The van der Waals surface area contributed by atoms with Crippen LogP contribution in [0.5, 0.6) is 0 Å². The molecule has 0 aliphatic carbocycles. The summed E-state index contributed by atoms with van der Waals surface area (Å²) in [5.74, 6) is 2.53. The Bertz CT molecular complexity index is 2580. The summed E-state index contributed by atoms with van der Waals surface area (Å²) in [6.07, 6.45) is 0. The lowest BCUT2D eigenvalue weighted by molar-refractivity contribution is 0.623. The van der Waals surface area contributed by atoms with Gasteiger partial charge in [-0.2, -0.15) is 0 Å². The molecule has 0 unspecified atom stereocenters. The molecule has 0 radical (unpaired) electrons. The monoisotopic (exact) mass is 602 g/mol. The maximum absolute atomic E-state index is 6.28. The summed E-state index contributed by atoms with van der Waals surface area (Å²) >= 11 is 0. The molecule has 5 nitrogen and oxygen atoms in total. The van der Waals surface area contributed by atoms with Crippen LogP contribution in [0.15, 0.2) is 162 Å². The largest absolute Gasteiger partial charge is 0.435 e. The van der Waals surface area contributed by atoms with Gasteiger partial charge in [0.15, 0.2) is 23.1 Å². The molecule has 0 N–H and O–H groups in total. The van der Waals surface area contributed by atoms with E-state index < -0.39 is 0 Å². The Labute approximate surface area is 270 Å². The van der Waals surface area contributed by atoms with Crippen molar-refractivity contribution in [3.8, 4) is 56.7 Å². The fraction of sp³-hybridized carbons (Fsp3) is 0. The third kappa shape index (κ3) is 5.00. The van der Waals surface area contributed by atoms with E-state index in [-0.39, 0.29) is 0 Å². The Morgan fingerprint density at radius 2 is 0.894 bits per heavy atom. The van der Waals surface area contributed by atoms with Crippen molar-refractivity contribution in [1.29, 1.82) is 0 Å². The zero-order valence-electron chi connectivity index (χ0n) is 25.2. The van der Waals surface area contributed by atoms with E-state index in [1.807, 2.05) is 66.7 Å². The second kappa shape index (κ2) is 11.2. The Balaban J connectivity index is 1.13. The van der Waals surface area contributed by atoms with E-state index >= 15 is 0 Å². The first-order valence-electron chi connectivity index (χ1n) is 15.6. The van der Waals surface area contributed by atoms with Gasteiger partial charge < -0.3 is 4.42 Å². The van der Waals surface area contributed by atoms with Gasteiger partial charge in [-0.05, 0) is 69.8 Å². The number of oxazole rings is 1. The van der Waals surface area contributed by atoms with E-state index in [0.717, 1.165) is 60.6 Å². The first-order chi connectivity index (χ1) is 23.2. The Kier molecular flexibility index (Phi) is 6.39. The Morgan fingerprint density at radius 3 is 1.68 bits per heavy atom. The van der Waals surface area contributed by atoms with Crippen LogP contribution in [0.2, 0.25) is 0 Å². The summed E-state index contributed by atoms with van der Waals surface area (Å²) in [6, 6.07) is 53.7. The van der Waals surface area contributed by atoms with Gasteiger partial charge in [0, 0.05) is 27.6 Å². The molecule has 0 aliphatic heterocycles. The second-order valence-corrected chi connectivity index (χ2v) is 11.5. The smallest absolute Gasteiger partial charge is 0.227 e. The first-order valence-corrected chi connectivity index (χ1v) is 15.6. The standard InChI is InChI=1S/C42H26N4O/c1-3-11-28(12-4-1)39-44-40(46-41(45-39)35-19-18-27-10-7-8-15-30(27)25-35)34-17-9-16-31(26-34)32-20-22-36-33(24-32)21-23-37-38(36)47-42(43-37)29-13-5-2-6-14-29/h1-26H. The molecule has 0 saturated heterocycles. The van der Waals surface area contributed by atoms with Crippen molar-refractivity contribution in [3.05, 3.63) is 158 Å². The Hall–Kier alpha value is -6.46. The third-order valence-corrected chi connectivity index (χ3v) is 8.52. The molecule has 0 aliphatic rings. The molecule has 47 heavy (non-hydrogen) atoms. The molecular weight excluding hydrogens is 576 g/mol. The van der Waals surface area contributed by atoms with Crippen molar-refractivity contribution in [3.63, 3.8) is 0 Å². The van der Waals surface area contributed by atoms with E-state index in [9.17, 15) is 0 Å². The normalized spacial score (nSPS) is 11.4. The minimum Gasteiger partial charge on any atom is -0.435 e. The molecule has 9 aromatic rings. The van der Waals surface area contributed by atoms with Crippen molar-refractivity contribution < 1.29 is 4.42 Å². The van der Waals surface area contributed by atoms with Gasteiger partial charge in [-0.1, -0.05) is 115 Å². The van der Waals surface area contributed by atoms with Crippen molar-refractivity contribution in [2.24, 2.45) is 0 Å². The SMILES string of the molecule is c1ccc(-c2nc(-c3cccc(-c4ccc5c(ccc6nc(-c7ccccc7)oc65)c4)c3)nc(-c3ccc4ccccc4c3)n2)cc1. The molecular formula is C42H26N4O. The van der Waals surface area contributed by atoms with Crippen LogP contribution < -0.4 is 0 Å². The summed E-state index contributed by atoms with van der Waals surface area (Å²) in [7, 11) is 0. The minimum atomic E-state index is 0.625. The van der Waals surface area contributed by atoms with Crippen molar-refractivity contribution in [2.75, 3.05) is 0 Å². The molecule has 0 atom stereocenters. The first kappa shape index (κ1) is 26.9. The number of benzene rings is 7. The lowest BCUT2D eigenvalue weighted by atomic mass is 9.99.